The van der Waals surface area contributed by atoms with E-state index in [1.165, 1.54) is 25.1 Å². The van der Waals surface area contributed by atoms with Gasteiger partial charge >= 0.3 is 0 Å². The van der Waals surface area contributed by atoms with Gasteiger partial charge < -0.3 is 19.9 Å². The van der Waals surface area contributed by atoms with Crippen molar-refractivity contribution < 1.29 is 9.18 Å². The van der Waals surface area contributed by atoms with E-state index in [1.807, 2.05) is 0 Å². The average molecular weight is 409 g/mol. The molecule has 3 aromatic heterocycles. The Bertz CT molecular complexity index is 1090. The number of halogens is 1. The third-order valence-corrected chi connectivity index (χ3v) is 5.72. The summed E-state index contributed by atoms with van der Waals surface area (Å²) in [6.45, 7) is 5.83. The summed E-state index contributed by atoms with van der Waals surface area (Å²) in [5.41, 5.74) is 1.44. The maximum Gasteiger partial charge on any atom is 0.275 e. The molecule has 8 nitrogen and oxygen atoms in total. The minimum atomic E-state index is -0.500. The number of fused-ring (bicyclic) bond motifs is 1. The van der Waals surface area contributed by atoms with Gasteiger partial charge in [0.25, 0.3) is 5.91 Å². The van der Waals surface area contributed by atoms with Crippen molar-refractivity contribution in [1.29, 1.82) is 0 Å². The lowest BCUT2D eigenvalue weighted by atomic mass is 10.1. The number of anilines is 2. The molecular weight excluding hydrogens is 385 g/mol. The molecule has 2 N–H and O–H groups in total. The zero-order valence-electron chi connectivity index (χ0n) is 17.0. The Labute approximate surface area is 173 Å². The number of pyridine rings is 1. The Hall–Kier alpha value is -3.07. The molecule has 0 radical (unpaired) electrons. The van der Waals surface area contributed by atoms with Crippen LogP contribution < -0.4 is 15.5 Å². The highest BCUT2D eigenvalue weighted by molar-refractivity contribution is 6.02. The van der Waals surface area contributed by atoms with E-state index in [2.05, 4.69) is 37.4 Å². The summed E-state index contributed by atoms with van der Waals surface area (Å²) in [7, 11) is 0. The predicted octanol–water partition coefficient (Wildman–Crippen LogP) is 2.40. The smallest absolute Gasteiger partial charge is 0.275 e. The van der Waals surface area contributed by atoms with Crippen LogP contribution in [0.25, 0.3) is 5.65 Å². The molecule has 0 aromatic carbocycles. The SMILES string of the molecule is Cc1cn2cc(NC(=O)c3cnc(N4C[C@@H](C)[C@H](NC5CC5)C4)cn3)cc(F)c2n1. The number of hydrogen-bond donors (Lipinski definition) is 2. The fourth-order valence-electron chi connectivity index (χ4n) is 3.97. The van der Waals surface area contributed by atoms with Gasteiger partial charge in [-0.25, -0.2) is 19.3 Å². The van der Waals surface area contributed by atoms with Crippen LogP contribution >= 0.6 is 0 Å². The van der Waals surface area contributed by atoms with Crippen LogP contribution in [0.4, 0.5) is 15.9 Å². The molecule has 1 aliphatic heterocycles. The van der Waals surface area contributed by atoms with Crippen molar-refractivity contribution in [3.63, 3.8) is 0 Å². The quantitative estimate of drug-likeness (QED) is 0.673. The monoisotopic (exact) mass is 409 g/mol. The van der Waals surface area contributed by atoms with E-state index in [-0.39, 0.29) is 11.3 Å². The number of carbonyl (C=O) groups is 1. The molecule has 5 rings (SSSR count). The Morgan fingerprint density at radius 2 is 2.03 bits per heavy atom. The second-order valence-electron chi connectivity index (χ2n) is 8.33. The van der Waals surface area contributed by atoms with Crippen molar-refractivity contribution in [2.24, 2.45) is 5.92 Å². The first-order valence-electron chi connectivity index (χ1n) is 10.3. The van der Waals surface area contributed by atoms with Gasteiger partial charge in [0, 0.05) is 43.6 Å². The first kappa shape index (κ1) is 18.9. The standard InChI is InChI=1S/C21H24FN7O/c1-12-8-28(11-18(12)26-14-3-4-14)19-7-23-17(6-24-19)21(30)27-15-5-16(22)20-25-13(2)9-29(20)10-15/h5-7,9-10,12,14,18,26H,3-4,8,11H2,1-2H3,(H,27,30)/t12-,18-/m1/s1. The molecule has 2 fully saturated rings. The minimum Gasteiger partial charge on any atom is -0.353 e. The van der Waals surface area contributed by atoms with Gasteiger partial charge in [0.2, 0.25) is 0 Å². The van der Waals surface area contributed by atoms with Crippen LogP contribution in [-0.4, -0.2) is 50.4 Å². The van der Waals surface area contributed by atoms with Crippen molar-refractivity contribution in [2.45, 2.75) is 38.8 Å². The molecule has 4 heterocycles. The van der Waals surface area contributed by atoms with Crippen molar-refractivity contribution in [3.8, 4) is 0 Å². The van der Waals surface area contributed by atoms with Gasteiger partial charge in [-0.1, -0.05) is 6.92 Å². The van der Waals surface area contributed by atoms with E-state index in [4.69, 9.17) is 0 Å². The van der Waals surface area contributed by atoms with Crippen molar-refractivity contribution in [2.75, 3.05) is 23.3 Å². The lowest BCUT2D eigenvalue weighted by molar-refractivity contribution is 0.102. The van der Waals surface area contributed by atoms with E-state index in [0.717, 1.165) is 18.9 Å². The topological polar surface area (TPSA) is 87.5 Å². The molecule has 0 bridgehead atoms. The van der Waals surface area contributed by atoms with Crippen LogP contribution in [0.2, 0.25) is 0 Å². The lowest BCUT2D eigenvalue weighted by Gasteiger charge is -2.17. The Morgan fingerprint density at radius 3 is 2.77 bits per heavy atom. The molecule has 156 valence electrons. The predicted molar refractivity (Wildman–Crippen MR) is 111 cm³/mol. The summed E-state index contributed by atoms with van der Waals surface area (Å²) in [6, 6.07) is 2.38. The van der Waals surface area contributed by atoms with E-state index in [1.54, 1.807) is 29.9 Å². The van der Waals surface area contributed by atoms with Crippen LogP contribution in [-0.2, 0) is 0 Å². The maximum atomic E-state index is 14.2. The highest BCUT2D eigenvalue weighted by atomic mass is 19.1. The molecule has 30 heavy (non-hydrogen) atoms. The highest BCUT2D eigenvalue weighted by Gasteiger charge is 2.34. The number of hydrogen-bond acceptors (Lipinski definition) is 6. The minimum absolute atomic E-state index is 0.181. The van der Waals surface area contributed by atoms with Gasteiger partial charge in [-0.2, -0.15) is 0 Å². The van der Waals surface area contributed by atoms with E-state index in [0.29, 0.717) is 29.4 Å². The zero-order valence-corrected chi connectivity index (χ0v) is 17.0. The number of aryl methyl sites for hydroxylation is 1. The number of nitrogens with one attached hydrogen (secondary N) is 2. The van der Waals surface area contributed by atoms with Crippen molar-refractivity contribution in [1.82, 2.24) is 24.7 Å². The zero-order chi connectivity index (χ0) is 20.8. The van der Waals surface area contributed by atoms with Crippen molar-refractivity contribution in [3.05, 3.63) is 48.1 Å². The summed E-state index contributed by atoms with van der Waals surface area (Å²) < 4.78 is 15.8. The second kappa shape index (κ2) is 7.32. The molecule has 1 aliphatic carbocycles. The molecule has 1 saturated carbocycles. The van der Waals surface area contributed by atoms with Gasteiger partial charge in [0.1, 0.15) is 11.5 Å². The Morgan fingerprint density at radius 1 is 1.20 bits per heavy atom. The number of amides is 1. The van der Waals surface area contributed by atoms with E-state index < -0.39 is 11.7 Å². The van der Waals surface area contributed by atoms with Gasteiger partial charge in [0.05, 0.1) is 23.8 Å². The summed E-state index contributed by atoms with van der Waals surface area (Å²) in [6.07, 6.45) is 8.95. The molecule has 9 heteroatoms. The van der Waals surface area contributed by atoms with Gasteiger partial charge in [-0.3, -0.25) is 4.79 Å². The van der Waals surface area contributed by atoms with Gasteiger partial charge in [0.15, 0.2) is 11.5 Å². The summed E-state index contributed by atoms with van der Waals surface area (Å²) in [5.74, 6) is 0.361. The number of imidazole rings is 1. The highest BCUT2D eigenvalue weighted by Crippen LogP contribution is 2.26. The summed E-state index contributed by atoms with van der Waals surface area (Å²) in [5, 5.41) is 6.37. The number of nitrogens with zero attached hydrogens (tertiary/aromatic N) is 5. The molecular formula is C21H24FN7O. The van der Waals surface area contributed by atoms with Crippen LogP contribution in [0, 0.1) is 18.7 Å². The molecule has 0 spiro atoms. The fraction of sp³-hybridized carbons (Fsp3) is 0.429. The Balaban J connectivity index is 1.27. The first-order chi connectivity index (χ1) is 14.5. The molecule has 2 atom stereocenters. The third kappa shape index (κ3) is 3.72. The van der Waals surface area contributed by atoms with Gasteiger partial charge in [-0.05, 0) is 25.7 Å². The third-order valence-electron chi connectivity index (χ3n) is 5.72. The second-order valence-corrected chi connectivity index (χ2v) is 8.33. The van der Waals surface area contributed by atoms with Crippen molar-refractivity contribution >= 4 is 23.1 Å². The average Bonchev–Trinajstić information content (AvgIpc) is 3.34. The number of aromatic nitrogens is 4. The molecule has 3 aromatic rings. The lowest BCUT2D eigenvalue weighted by Crippen LogP contribution is -2.37. The van der Waals surface area contributed by atoms with Crippen LogP contribution in [0.1, 0.15) is 35.9 Å². The first-order valence-corrected chi connectivity index (χ1v) is 10.3. The van der Waals surface area contributed by atoms with E-state index >= 15 is 0 Å². The van der Waals surface area contributed by atoms with Crippen LogP contribution in [0.15, 0.2) is 30.9 Å². The number of carbonyl (C=O) groups excluding carboxylic acids is 1. The van der Waals surface area contributed by atoms with Crippen LogP contribution in [0.3, 0.4) is 0 Å². The number of rotatable bonds is 5. The molecule has 2 aliphatic rings. The Kier molecular flexibility index (Phi) is 4.62. The summed E-state index contributed by atoms with van der Waals surface area (Å²) in [4.78, 5) is 27.6. The van der Waals surface area contributed by atoms with Gasteiger partial charge in [-0.15, -0.1) is 0 Å². The molecule has 1 amide bonds. The largest absolute Gasteiger partial charge is 0.353 e. The normalized spacial score (nSPS) is 21.4. The fourth-order valence-corrected chi connectivity index (χ4v) is 3.97. The molecule has 0 unspecified atom stereocenters. The van der Waals surface area contributed by atoms with E-state index in [9.17, 15) is 9.18 Å². The van der Waals surface area contributed by atoms with Crippen LogP contribution in [0.5, 0.6) is 0 Å². The summed E-state index contributed by atoms with van der Waals surface area (Å²) >= 11 is 0. The maximum absolute atomic E-state index is 14.2. The molecule has 1 saturated heterocycles.